The van der Waals surface area contributed by atoms with Crippen LogP contribution in [0.15, 0.2) is 29.2 Å². The third-order valence-corrected chi connectivity index (χ3v) is 7.15. The Kier molecular flexibility index (Phi) is 6.20. The maximum absolute atomic E-state index is 12.3. The summed E-state index contributed by atoms with van der Waals surface area (Å²) in [7, 11) is -0.326. The summed E-state index contributed by atoms with van der Waals surface area (Å²) >= 11 is 0. The number of carbonyl (C=O) groups is 1. The first kappa shape index (κ1) is 20.3. The summed E-state index contributed by atoms with van der Waals surface area (Å²) in [6.45, 7) is 6.11. The molecule has 1 aliphatic carbocycles. The van der Waals surface area contributed by atoms with E-state index >= 15 is 0 Å². The molecule has 1 amide bonds. The van der Waals surface area contributed by atoms with Crippen LogP contribution in [0.2, 0.25) is 0 Å². The van der Waals surface area contributed by atoms with Gasteiger partial charge in [0.25, 0.3) is 0 Å². The Morgan fingerprint density at radius 1 is 1.22 bits per heavy atom. The van der Waals surface area contributed by atoms with Gasteiger partial charge in [-0.05, 0) is 37.5 Å². The monoisotopic (exact) mass is 394 g/mol. The molecule has 0 aromatic heterocycles. The zero-order chi connectivity index (χ0) is 19.6. The first-order valence-electron chi connectivity index (χ1n) is 9.55. The maximum atomic E-state index is 12.3. The standard InChI is InChI=1S/C19H30N4O3S/c1-15(19(24)20-17-7-8-17)23-11-9-22(10-12-23)14-16-5-4-6-18(13-16)27(25,26)21(2)3/h4-6,13,15,17H,7-12,14H2,1-3H3,(H,20,24). The summed E-state index contributed by atoms with van der Waals surface area (Å²) in [6, 6.07) is 7.46. The molecular formula is C19H30N4O3S. The van der Waals surface area contributed by atoms with Crippen molar-refractivity contribution in [2.24, 2.45) is 0 Å². The van der Waals surface area contributed by atoms with Gasteiger partial charge in [0.15, 0.2) is 0 Å². The fraction of sp³-hybridized carbons (Fsp3) is 0.632. The van der Waals surface area contributed by atoms with Crippen LogP contribution in [0.1, 0.15) is 25.3 Å². The Labute approximate surface area is 162 Å². The lowest BCUT2D eigenvalue weighted by molar-refractivity contribution is -0.126. The Morgan fingerprint density at radius 2 is 1.89 bits per heavy atom. The van der Waals surface area contributed by atoms with Crippen LogP contribution in [0.4, 0.5) is 0 Å². The number of amides is 1. The van der Waals surface area contributed by atoms with Crippen molar-refractivity contribution in [3.8, 4) is 0 Å². The van der Waals surface area contributed by atoms with Crippen LogP contribution < -0.4 is 5.32 Å². The van der Waals surface area contributed by atoms with Gasteiger partial charge < -0.3 is 5.32 Å². The number of rotatable bonds is 7. The molecule has 1 atom stereocenters. The van der Waals surface area contributed by atoms with Gasteiger partial charge in [0.1, 0.15) is 0 Å². The first-order valence-corrected chi connectivity index (χ1v) is 11.0. The molecule has 1 saturated carbocycles. The number of benzene rings is 1. The second kappa shape index (κ2) is 8.26. The third kappa shape index (κ3) is 5.07. The van der Waals surface area contributed by atoms with Gasteiger partial charge in [-0.25, -0.2) is 12.7 Å². The first-order chi connectivity index (χ1) is 12.8. The van der Waals surface area contributed by atoms with E-state index in [0.717, 1.165) is 44.6 Å². The van der Waals surface area contributed by atoms with Crippen molar-refractivity contribution in [2.45, 2.75) is 43.3 Å². The summed E-state index contributed by atoms with van der Waals surface area (Å²) in [5.74, 6) is 0.132. The highest BCUT2D eigenvalue weighted by Gasteiger charge is 2.30. The normalized spacial score (nSPS) is 20.6. The van der Waals surface area contributed by atoms with Gasteiger partial charge in [-0.3, -0.25) is 14.6 Å². The summed E-state index contributed by atoms with van der Waals surface area (Å²) in [6.07, 6.45) is 2.21. The molecule has 2 fully saturated rings. The minimum atomic E-state index is -3.41. The van der Waals surface area contributed by atoms with Crippen molar-refractivity contribution in [1.29, 1.82) is 0 Å². The highest BCUT2D eigenvalue weighted by molar-refractivity contribution is 7.89. The summed E-state index contributed by atoms with van der Waals surface area (Å²) in [4.78, 5) is 17.1. The number of hydrogen-bond acceptors (Lipinski definition) is 5. The van der Waals surface area contributed by atoms with Crippen LogP contribution in [-0.2, 0) is 21.4 Å². The van der Waals surface area contributed by atoms with E-state index in [0.29, 0.717) is 17.5 Å². The average molecular weight is 395 g/mol. The lowest BCUT2D eigenvalue weighted by Gasteiger charge is -2.37. The van der Waals surface area contributed by atoms with Crippen molar-refractivity contribution < 1.29 is 13.2 Å². The largest absolute Gasteiger partial charge is 0.352 e. The SMILES string of the molecule is CC(C(=O)NC1CC1)N1CCN(Cc2cccc(S(=O)(=O)N(C)C)c2)CC1. The van der Waals surface area contributed by atoms with E-state index in [9.17, 15) is 13.2 Å². The van der Waals surface area contributed by atoms with E-state index in [4.69, 9.17) is 0 Å². The van der Waals surface area contributed by atoms with Crippen LogP contribution in [0.3, 0.4) is 0 Å². The van der Waals surface area contributed by atoms with Crippen molar-refractivity contribution >= 4 is 15.9 Å². The van der Waals surface area contributed by atoms with E-state index < -0.39 is 10.0 Å². The van der Waals surface area contributed by atoms with E-state index in [2.05, 4.69) is 15.1 Å². The van der Waals surface area contributed by atoms with E-state index in [1.807, 2.05) is 13.0 Å². The van der Waals surface area contributed by atoms with Crippen LogP contribution in [0.25, 0.3) is 0 Å². The quantitative estimate of drug-likeness (QED) is 0.738. The predicted octanol–water partition coefficient (Wildman–Crippen LogP) is 0.722. The van der Waals surface area contributed by atoms with Gasteiger partial charge in [0.05, 0.1) is 10.9 Å². The molecule has 1 heterocycles. The van der Waals surface area contributed by atoms with Crippen molar-refractivity contribution in [1.82, 2.24) is 19.4 Å². The highest BCUT2D eigenvalue weighted by Crippen LogP contribution is 2.20. The van der Waals surface area contributed by atoms with Crippen molar-refractivity contribution in [2.75, 3.05) is 40.3 Å². The molecule has 1 aromatic carbocycles. The van der Waals surface area contributed by atoms with Gasteiger partial charge in [-0.1, -0.05) is 12.1 Å². The second-order valence-electron chi connectivity index (χ2n) is 7.71. The number of nitrogens with zero attached hydrogens (tertiary/aromatic N) is 3. The number of carbonyl (C=O) groups excluding carboxylic acids is 1. The molecule has 1 aliphatic heterocycles. The molecule has 0 radical (unpaired) electrons. The molecule has 1 saturated heterocycles. The second-order valence-corrected chi connectivity index (χ2v) is 9.86. The van der Waals surface area contributed by atoms with Crippen molar-refractivity contribution in [3.05, 3.63) is 29.8 Å². The minimum Gasteiger partial charge on any atom is -0.352 e. The van der Waals surface area contributed by atoms with E-state index in [-0.39, 0.29) is 11.9 Å². The van der Waals surface area contributed by atoms with E-state index in [1.165, 1.54) is 4.31 Å². The number of sulfonamides is 1. The smallest absolute Gasteiger partial charge is 0.242 e. The number of hydrogen-bond donors (Lipinski definition) is 1. The Morgan fingerprint density at radius 3 is 2.48 bits per heavy atom. The van der Waals surface area contributed by atoms with Crippen LogP contribution in [0.5, 0.6) is 0 Å². The molecular weight excluding hydrogens is 364 g/mol. The Hall–Kier alpha value is -1.48. The van der Waals surface area contributed by atoms with Gasteiger partial charge in [0.2, 0.25) is 15.9 Å². The molecule has 1 unspecified atom stereocenters. The lowest BCUT2D eigenvalue weighted by Crippen LogP contribution is -2.53. The third-order valence-electron chi connectivity index (χ3n) is 5.34. The van der Waals surface area contributed by atoms with Gasteiger partial charge in [-0.15, -0.1) is 0 Å². The Balaban J connectivity index is 1.54. The molecule has 0 bridgehead atoms. The molecule has 1 aromatic rings. The van der Waals surface area contributed by atoms with Crippen molar-refractivity contribution in [3.63, 3.8) is 0 Å². The Bertz CT molecular complexity index is 769. The molecule has 8 heteroatoms. The topological polar surface area (TPSA) is 73.0 Å². The van der Waals surface area contributed by atoms with Crippen LogP contribution in [0, 0.1) is 0 Å². The fourth-order valence-corrected chi connectivity index (χ4v) is 4.27. The summed E-state index contributed by atoms with van der Waals surface area (Å²) in [5.41, 5.74) is 0.992. The summed E-state index contributed by atoms with van der Waals surface area (Å²) in [5, 5.41) is 3.08. The van der Waals surface area contributed by atoms with Gasteiger partial charge in [0, 0.05) is 52.9 Å². The number of piperazine rings is 1. The fourth-order valence-electron chi connectivity index (χ4n) is 3.30. The minimum absolute atomic E-state index is 0.0960. The summed E-state index contributed by atoms with van der Waals surface area (Å²) < 4.78 is 25.8. The molecule has 0 spiro atoms. The molecule has 7 nitrogen and oxygen atoms in total. The zero-order valence-electron chi connectivity index (χ0n) is 16.4. The van der Waals surface area contributed by atoms with Crippen LogP contribution >= 0.6 is 0 Å². The van der Waals surface area contributed by atoms with E-state index in [1.54, 1.807) is 32.3 Å². The molecule has 3 rings (SSSR count). The molecule has 1 N–H and O–H groups in total. The zero-order valence-corrected chi connectivity index (χ0v) is 17.2. The molecule has 2 aliphatic rings. The highest BCUT2D eigenvalue weighted by atomic mass is 32.2. The maximum Gasteiger partial charge on any atom is 0.242 e. The van der Waals surface area contributed by atoms with Gasteiger partial charge in [-0.2, -0.15) is 0 Å². The number of nitrogens with one attached hydrogen (secondary N) is 1. The van der Waals surface area contributed by atoms with Crippen LogP contribution in [-0.4, -0.2) is 80.8 Å². The lowest BCUT2D eigenvalue weighted by atomic mass is 10.1. The molecule has 150 valence electrons. The predicted molar refractivity (Wildman–Crippen MR) is 105 cm³/mol. The van der Waals surface area contributed by atoms with Gasteiger partial charge >= 0.3 is 0 Å². The molecule has 27 heavy (non-hydrogen) atoms. The average Bonchev–Trinajstić information content (AvgIpc) is 3.46.